The molecular formula is C24H25ClF3N7O2. The number of likely N-dealkylation sites (tertiary alicyclic amines) is 1. The van der Waals surface area contributed by atoms with E-state index in [0.717, 1.165) is 19.3 Å². The third-order valence-electron chi connectivity index (χ3n) is 6.73. The molecule has 0 unspecified atom stereocenters. The monoisotopic (exact) mass is 535 g/mol. The molecule has 1 saturated heterocycles. The van der Waals surface area contributed by atoms with Gasteiger partial charge in [-0.25, -0.2) is 4.98 Å². The average Bonchev–Trinajstić information content (AvgIpc) is 3.24. The molecule has 1 atom stereocenters. The summed E-state index contributed by atoms with van der Waals surface area (Å²) in [4.78, 5) is 34.0. The molecule has 3 aromatic rings. The molecule has 1 aliphatic heterocycles. The molecule has 1 saturated carbocycles. The summed E-state index contributed by atoms with van der Waals surface area (Å²) >= 11 is 6.34. The first-order chi connectivity index (χ1) is 17.6. The van der Waals surface area contributed by atoms with E-state index in [1.54, 1.807) is 17.0 Å². The molecule has 5 N–H and O–H groups in total. The number of H-pyrrole nitrogens is 2. The Balaban J connectivity index is 1.26. The van der Waals surface area contributed by atoms with Crippen LogP contribution in [0.15, 0.2) is 24.4 Å². The lowest BCUT2D eigenvalue weighted by Gasteiger charge is -2.17. The van der Waals surface area contributed by atoms with Gasteiger partial charge < -0.3 is 20.9 Å². The fourth-order valence-corrected chi connectivity index (χ4v) is 4.85. The molecule has 0 spiro atoms. The Morgan fingerprint density at radius 1 is 1.24 bits per heavy atom. The largest absolute Gasteiger partial charge is 0.435 e. The topological polar surface area (TPSA) is 133 Å². The van der Waals surface area contributed by atoms with Crippen LogP contribution in [0.1, 0.15) is 68.8 Å². The van der Waals surface area contributed by atoms with Crippen molar-refractivity contribution < 1.29 is 22.8 Å². The minimum absolute atomic E-state index is 0.0384. The van der Waals surface area contributed by atoms with E-state index in [9.17, 15) is 22.8 Å². The molecule has 1 aromatic carbocycles. The standard InChI is InChI=1S/C24H25ClF3N7O2/c25-18-8-14(3-4-16(18)23(37)35-6-5-12(9-29)11-35)32-22(36)21-30-10-15(31-21)7-17-19(13-1-2-13)33-34-20(17)24(26,27)28/h3-4,8,10,12-13H,1-2,5-7,9,11,29H2,(H,30,31)(H,32,36)(H,33,34)/t12-/m0/s1. The number of nitrogens with two attached hydrogens (primary N) is 1. The summed E-state index contributed by atoms with van der Waals surface area (Å²) in [7, 11) is 0. The van der Waals surface area contributed by atoms with Gasteiger partial charge in [0.1, 0.15) is 0 Å². The predicted molar refractivity (Wildman–Crippen MR) is 129 cm³/mol. The predicted octanol–water partition coefficient (Wildman–Crippen LogP) is 3.95. The number of amides is 2. The number of alkyl halides is 3. The summed E-state index contributed by atoms with van der Waals surface area (Å²) in [6.45, 7) is 1.71. The number of aromatic nitrogens is 4. The van der Waals surface area contributed by atoms with Crippen LogP contribution < -0.4 is 11.1 Å². The van der Waals surface area contributed by atoms with Gasteiger partial charge in [0, 0.05) is 54.3 Å². The zero-order valence-corrected chi connectivity index (χ0v) is 20.4. The van der Waals surface area contributed by atoms with E-state index in [1.165, 1.54) is 12.3 Å². The van der Waals surface area contributed by atoms with Gasteiger partial charge in [-0.15, -0.1) is 0 Å². The van der Waals surface area contributed by atoms with Gasteiger partial charge in [-0.3, -0.25) is 14.7 Å². The Morgan fingerprint density at radius 3 is 2.68 bits per heavy atom. The summed E-state index contributed by atoms with van der Waals surface area (Å²) in [5, 5.41) is 8.86. The number of carbonyl (C=O) groups is 2. The summed E-state index contributed by atoms with van der Waals surface area (Å²) < 4.78 is 40.3. The van der Waals surface area contributed by atoms with Gasteiger partial charge in [-0.05, 0) is 49.9 Å². The van der Waals surface area contributed by atoms with E-state index in [4.69, 9.17) is 17.3 Å². The van der Waals surface area contributed by atoms with Gasteiger partial charge in [-0.1, -0.05) is 11.6 Å². The van der Waals surface area contributed by atoms with Gasteiger partial charge in [-0.2, -0.15) is 18.3 Å². The number of carbonyl (C=O) groups excluding carboxylic acids is 2. The maximum atomic E-state index is 13.4. The maximum absolute atomic E-state index is 13.4. The average molecular weight is 536 g/mol. The van der Waals surface area contributed by atoms with Crippen molar-refractivity contribution >= 4 is 29.1 Å². The third-order valence-corrected chi connectivity index (χ3v) is 7.04. The number of imidazole rings is 1. The van der Waals surface area contributed by atoms with Gasteiger partial charge in [0.25, 0.3) is 11.8 Å². The lowest BCUT2D eigenvalue weighted by molar-refractivity contribution is -0.141. The number of hydrogen-bond acceptors (Lipinski definition) is 5. The summed E-state index contributed by atoms with van der Waals surface area (Å²) in [6, 6.07) is 4.57. The van der Waals surface area contributed by atoms with Crippen LogP contribution in [0.2, 0.25) is 5.02 Å². The Bertz CT molecular complexity index is 1330. The molecule has 196 valence electrons. The van der Waals surface area contributed by atoms with Crippen LogP contribution >= 0.6 is 11.6 Å². The number of anilines is 1. The Kier molecular flexibility index (Phi) is 6.71. The van der Waals surface area contributed by atoms with Gasteiger partial charge in [0.15, 0.2) is 11.5 Å². The molecule has 2 aliphatic rings. The van der Waals surface area contributed by atoms with Gasteiger partial charge >= 0.3 is 6.18 Å². The molecule has 3 heterocycles. The number of nitrogens with zero attached hydrogens (tertiary/aromatic N) is 3. The molecule has 37 heavy (non-hydrogen) atoms. The van der Waals surface area contributed by atoms with Crippen LogP contribution in [0.3, 0.4) is 0 Å². The fourth-order valence-electron chi connectivity index (χ4n) is 4.59. The molecular weight excluding hydrogens is 511 g/mol. The molecule has 1 aliphatic carbocycles. The van der Waals surface area contributed by atoms with Crippen molar-refractivity contribution in [2.45, 2.75) is 37.8 Å². The SMILES string of the molecule is NC[C@@H]1CCN(C(=O)c2ccc(NC(=O)c3ncc(Cc4c(C(F)(F)F)n[nH]c4C4CC4)[nH]3)cc2Cl)C1. The third kappa shape index (κ3) is 5.35. The number of hydrogen-bond donors (Lipinski definition) is 4. The minimum atomic E-state index is -4.59. The molecule has 2 aromatic heterocycles. The lowest BCUT2D eigenvalue weighted by atomic mass is 10.0. The smallest absolute Gasteiger partial charge is 0.338 e. The van der Waals surface area contributed by atoms with E-state index < -0.39 is 17.8 Å². The quantitative estimate of drug-likeness (QED) is 0.364. The molecule has 2 amide bonds. The van der Waals surface area contributed by atoms with E-state index in [2.05, 4.69) is 25.5 Å². The molecule has 5 rings (SSSR count). The first kappa shape index (κ1) is 25.3. The van der Waals surface area contributed by atoms with Crippen molar-refractivity contribution in [3.63, 3.8) is 0 Å². The first-order valence-corrected chi connectivity index (χ1v) is 12.3. The Hall–Kier alpha value is -3.38. The molecule has 13 heteroatoms. The summed E-state index contributed by atoms with van der Waals surface area (Å²) in [5.74, 6) is -0.555. The second kappa shape index (κ2) is 9.82. The fraction of sp³-hybridized carbons (Fsp3) is 0.417. The number of halogens is 4. The van der Waals surface area contributed by atoms with Crippen LogP contribution in [-0.2, 0) is 12.6 Å². The van der Waals surface area contributed by atoms with Crippen molar-refractivity contribution in [3.8, 4) is 0 Å². The molecule has 9 nitrogen and oxygen atoms in total. The van der Waals surface area contributed by atoms with Crippen molar-refractivity contribution in [1.82, 2.24) is 25.1 Å². The minimum Gasteiger partial charge on any atom is -0.338 e. The summed E-state index contributed by atoms with van der Waals surface area (Å²) in [6.07, 6.45) is -0.892. The lowest BCUT2D eigenvalue weighted by Crippen LogP contribution is -2.30. The maximum Gasteiger partial charge on any atom is 0.435 e. The van der Waals surface area contributed by atoms with Crippen LogP contribution in [0.5, 0.6) is 0 Å². The van der Waals surface area contributed by atoms with E-state index in [1.807, 2.05) is 0 Å². The number of benzene rings is 1. The van der Waals surface area contributed by atoms with Crippen molar-refractivity contribution in [1.29, 1.82) is 0 Å². The van der Waals surface area contributed by atoms with E-state index >= 15 is 0 Å². The second-order valence-electron chi connectivity index (χ2n) is 9.46. The van der Waals surface area contributed by atoms with Gasteiger partial charge in [0.2, 0.25) is 0 Å². The van der Waals surface area contributed by atoms with Crippen LogP contribution in [0.4, 0.5) is 18.9 Å². The number of nitrogens with one attached hydrogen (secondary N) is 3. The Morgan fingerprint density at radius 2 is 2.03 bits per heavy atom. The zero-order valence-electron chi connectivity index (χ0n) is 19.7. The highest BCUT2D eigenvalue weighted by molar-refractivity contribution is 6.34. The van der Waals surface area contributed by atoms with Crippen LogP contribution in [0.25, 0.3) is 0 Å². The molecule has 0 radical (unpaired) electrons. The normalized spacial score (nSPS) is 17.9. The Labute approximate surface area is 215 Å². The van der Waals surface area contributed by atoms with Gasteiger partial charge in [0.05, 0.1) is 10.6 Å². The van der Waals surface area contributed by atoms with Crippen molar-refractivity contribution in [3.05, 3.63) is 63.5 Å². The van der Waals surface area contributed by atoms with Crippen molar-refractivity contribution in [2.75, 3.05) is 25.0 Å². The number of rotatable bonds is 7. The highest BCUT2D eigenvalue weighted by Gasteiger charge is 2.40. The molecule has 2 fully saturated rings. The second-order valence-corrected chi connectivity index (χ2v) is 9.87. The van der Waals surface area contributed by atoms with E-state index in [-0.39, 0.29) is 40.6 Å². The van der Waals surface area contributed by atoms with Crippen LogP contribution in [0, 0.1) is 5.92 Å². The van der Waals surface area contributed by atoms with Crippen molar-refractivity contribution in [2.24, 2.45) is 11.7 Å². The highest BCUT2D eigenvalue weighted by Crippen LogP contribution is 2.44. The van der Waals surface area contributed by atoms with Crippen LogP contribution in [-0.4, -0.2) is 56.5 Å². The first-order valence-electron chi connectivity index (χ1n) is 11.9. The van der Waals surface area contributed by atoms with E-state index in [0.29, 0.717) is 42.3 Å². The number of aromatic amines is 2. The summed E-state index contributed by atoms with van der Waals surface area (Å²) in [5.41, 5.74) is 6.30. The molecule has 0 bridgehead atoms. The zero-order chi connectivity index (χ0) is 26.3. The highest BCUT2D eigenvalue weighted by atomic mass is 35.5.